The zero-order valence-corrected chi connectivity index (χ0v) is 12.8. The van der Waals surface area contributed by atoms with Gasteiger partial charge < -0.3 is 10.1 Å². The molecule has 0 fully saturated rings. The van der Waals surface area contributed by atoms with Crippen molar-refractivity contribution in [3.8, 4) is 5.75 Å². The Labute approximate surface area is 130 Å². The van der Waals surface area contributed by atoms with Crippen LogP contribution >= 0.6 is 11.3 Å². The molecular formula is C14H15N5O2S. The lowest BCUT2D eigenvalue weighted by atomic mass is 10.2. The summed E-state index contributed by atoms with van der Waals surface area (Å²) >= 11 is 1.44. The van der Waals surface area contributed by atoms with E-state index in [0.29, 0.717) is 19.4 Å². The lowest BCUT2D eigenvalue weighted by molar-refractivity contribution is -0.121. The van der Waals surface area contributed by atoms with Gasteiger partial charge in [0.2, 0.25) is 10.9 Å². The molecule has 114 valence electrons. The van der Waals surface area contributed by atoms with E-state index in [9.17, 15) is 4.79 Å². The summed E-state index contributed by atoms with van der Waals surface area (Å²) in [6.07, 6.45) is 2.53. The van der Waals surface area contributed by atoms with E-state index in [1.165, 1.54) is 11.3 Å². The highest BCUT2D eigenvalue weighted by atomic mass is 32.1. The predicted octanol–water partition coefficient (Wildman–Crippen LogP) is 1.44. The van der Waals surface area contributed by atoms with Gasteiger partial charge in [-0.2, -0.15) is 9.61 Å². The van der Waals surface area contributed by atoms with E-state index in [2.05, 4.69) is 20.6 Å². The van der Waals surface area contributed by atoms with Crippen LogP contribution in [-0.2, 0) is 17.8 Å². The summed E-state index contributed by atoms with van der Waals surface area (Å²) in [5, 5.41) is 15.7. The number of carbonyl (C=O) groups is 1. The molecule has 3 aromatic rings. The lowest BCUT2D eigenvalue weighted by Gasteiger charge is -2.09. The third-order valence-electron chi connectivity index (χ3n) is 3.16. The van der Waals surface area contributed by atoms with Crippen LogP contribution in [0.5, 0.6) is 5.75 Å². The second kappa shape index (κ2) is 6.52. The standard InChI is InChI=1S/C14H15N5O2S/c1-21-11-5-3-2-4-10(11)8-15-12(20)6-7-13-18-19-9-16-17-14(19)22-13/h2-5,9H,6-8H2,1H3,(H,15,20). The van der Waals surface area contributed by atoms with Crippen molar-refractivity contribution in [3.05, 3.63) is 41.2 Å². The van der Waals surface area contributed by atoms with E-state index in [-0.39, 0.29) is 5.91 Å². The molecule has 0 bridgehead atoms. The van der Waals surface area contributed by atoms with Gasteiger partial charge in [-0.3, -0.25) is 4.79 Å². The monoisotopic (exact) mass is 317 g/mol. The summed E-state index contributed by atoms with van der Waals surface area (Å²) in [4.78, 5) is 12.7. The van der Waals surface area contributed by atoms with E-state index in [1.807, 2.05) is 24.3 Å². The number of benzene rings is 1. The summed E-state index contributed by atoms with van der Waals surface area (Å²) in [7, 11) is 1.62. The Morgan fingerprint density at radius 3 is 3.09 bits per heavy atom. The molecule has 0 saturated heterocycles. The minimum atomic E-state index is -0.0168. The van der Waals surface area contributed by atoms with Crippen molar-refractivity contribution in [3.63, 3.8) is 0 Å². The molecule has 22 heavy (non-hydrogen) atoms. The van der Waals surface area contributed by atoms with Gasteiger partial charge in [-0.15, -0.1) is 10.2 Å². The fourth-order valence-corrected chi connectivity index (χ4v) is 2.87. The van der Waals surface area contributed by atoms with E-state index in [0.717, 1.165) is 21.3 Å². The van der Waals surface area contributed by atoms with Crippen LogP contribution in [0.4, 0.5) is 0 Å². The molecule has 0 atom stereocenters. The molecule has 2 aromatic heterocycles. The first-order chi connectivity index (χ1) is 10.8. The highest BCUT2D eigenvalue weighted by Gasteiger charge is 2.09. The Morgan fingerprint density at radius 1 is 1.41 bits per heavy atom. The molecule has 1 aromatic carbocycles. The summed E-state index contributed by atoms with van der Waals surface area (Å²) < 4.78 is 6.87. The number of aromatic nitrogens is 4. The van der Waals surface area contributed by atoms with Crippen molar-refractivity contribution < 1.29 is 9.53 Å². The first kappa shape index (κ1) is 14.5. The van der Waals surface area contributed by atoms with Crippen LogP contribution in [0.15, 0.2) is 30.6 Å². The minimum absolute atomic E-state index is 0.0168. The smallest absolute Gasteiger partial charge is 0.234 e. The number of para-hydroxylation sites is 1. The highest BCUT2D eigenvalue weighted by molar-refractivity contribution is 7.16. The maximum atomic E-state index is 11.9. The first-order valence-corrected chi connectivity index (χ1v) is 7.62. The van der Waals surface area contributed by atoms with E-state index in [4.69, 9.17) is 4.74 Å². The average Bonchev–Trinajstić information content (AvgIpc) is 3.12. The van der Waals surface area contributed by atoms with Crippen molar-refractivity contribution in [2.75, 3.05) is 7.11 Å². The Morgan fingerprint density at radius 2 is 2.27 bits per heavy atom. The molecule has 8 heteroatoms. The lowest BCUT2D eigenvalue weighted by Crippen LogP contribution is -2.23. The van der Waals surface area contributed by atoms with Gasteiger partial charge in [-0.1, -0.05) is 29.5 Å². The van der Waals surface area contributed by atoms with Crippen LogP contribution in [0, 0.1) is 0 Å². The first-order valence-electron chi connectivity index (χ1n) is 6.80. The number of fused-ring (bicyclic) bond motifs is 1. The molecule has 0 aliphatic carbocycles. The van der Waals surface area contributed by atoms with Crippen LogP contribution in [0.1, 0.15) is 17.0 Å². The number of ether oxygens (including phenoxy) is 1. The normalized spacial score (nSPS) is 10.8. The van der Waals surface area contributed by atoms with Gasteiger partial charge in [-0.05, 0) is 6.07 Å². The average molecular weight is 317 g/mol. The van der Waals surface area contributed by atoms with Gasteiger partial charge in [0.1, 0.15) is 17.1 Å². The van der Waals surface area contributed by atoms with Gasteiger partial charge in [0.25, 0.3) is 0 Å². The molecule has 2 heterocycles. The topological polar surface area (TPSA) is 81.4 Å². The minimum Gasteiger partial charge on any atom is -0.496 e. The molecular weight excluding hydrogens is 302 g/mol. The fourth-order valence-electron chi connectivity index (χ4n) is 2.05. The van der Waals surface area contributed by atoms with E-state index >= 15 is 0 Å². The Balaban J connectivity index is 1.51. The highest BCUT2D eigenvalue weighted by Crippen LogP contribution is 2.17. The van der Waals surface area contributed by atoms with Gasteiger partial charge in [-0.25, -0.2) is 0 Å². The summed E-state index contributed by atoms with van der Waals surface area (Å²) in [6, 6.07) is 7.63. The molecule has 0 radical (unpaired) electrons. The summed E-state index contributed by atoms with van der Waals surface area (Å²) in [5.41, 5.74) is 0.956. The van der Waals surface area contributed by atoms with Crippen molar-refractivity contribution >= 4 is 22.2 Å². The van der Waals surface area contributed by atoms with E-state index < -0.39 is 0 Å². The fraction of sp³-hybridized carbons (Fsp3) is 0.286. The number of aryl methyl sites for hydroxylation is 1. The Kier molecular flexibility index (Phi) is 4.29. The molecule has 0 aliphatic rings. The molecule has 7 nitrogen and oxygen atoms in total. The number of carbonyl (C=O) groups excluding carboxylic acids is 1. The number of rotatable bonds is 6. The number of nitrogens with one attached hydrogen (secondary N) is 1. The largest absolute Gasteiger partial charge is 0.496 e. The van der Waals surface area contributed by atoms with Gasteiger partial charge in [0.15, 0.2) is 0 Å². The van der Waals surface area contributed by atoms with Crippen LogP contribution in [0.25, 0.3) is 4.96 Å². The van der Waals surface area contributed by atoms with Crippen molar-refractivity contribution in [1.29, 1.82) is 0 Å². The van der Waals surface area contributed by atoms with Crippen molar-refractivity contribution in [2.45, 2.75) is 19.4 Å². The summed E-state index contributed by atoms with van der Waals surface area (Å²) in [6.45, 7) is 0.452. The number of hydrogen-bond donors (Lipinski definition) is 1. The van der Waals surface area contributed by atoms with Crippen LogP contribution in [-0.4, -0.2) is 32.8 Å². The number of hydrogen-bond acceptors (Lipinski definition) is 6. The molecule has 0 spiro atoms. The zero-order chi connectivity index (χ0) is 15.4. The number of nitrogens with zero attached hydrogens (tertiary/aromatic N) is 4. The molecule has 0 aliphatic heterocycles. The third-order valence-corrected chi connectivity index (χ3v) is 4.14. The van der Waals surface area contributed by atoms with Gasteiger partial charge in [0, 0.05) is 24.9 Å². The second-order valence-corrected chi connectivity index (χ2v) is 5.68. The SMILES string of the molecule is COc1ccccc1CNC(=O)CCc1nn2cnnc2s1. The molecule has 0 saturated carbocycles. The van der Waals surface area contributed by atoms with Gasteiger partial charge in [0.05, 0.1) is 7.11 Å². The van der Waals surface area contributed by atoms with E-state index in [1.54, 1.807) is 18.0 Å². The van der Waals surface area contributed by atoms with Crippen LogP contribution in [0.3, 0.4) is 0 Å². The van der Waals surface area contributed by atoms with Gasteiger partial charge >= 0.3 is 0 Å². The number of methoxy groups -OCH3 is 1. The molecule has 3 rings (SSSR count). The van der Waals surface area contributed by atoms with Crippen LogP contribution < -0.4 is 10.1 Å². The Hall–Kier alpha value is -2.48. The molecule has 0 unspecified atom stereocenters. The second-order valence-electron chi connectivity index (χ2n) is 4.64. The maximum Gasteiger partial charge on any atom is 0.234 e. The maximum absolute atomic E-state index is 11.9. The quantitative estimate of drug-likeness (QED) is 0.744. The van der Waals surface area contributed by atoms with Crippen molar-refractivity contribution in [2.24, 2.45) is 0 Å². The Bertz CT molecular complexity index is 754. The summed E-state index contributed by atoms with van der Waals surface area (Å²) in [5.74, 6) is 0.758. The molecule has 1 amide bonds. The predicted molar refractivity (Wildman–Crippen MR) is 81.8 cm³/mol. The van der Waals surface area contributed by atoms with Crippen molar-refractivity contribution in [1.82, 2.24) is 25.1 Å². The number of amides is 1. The zero-order valence-electron chi connectivity index (χ0n) is 12.0. The third kappa shape index (κ3) is 3.22. The molecule has 1 N–H and O–H groups in total. The van der Waals surface area contributed by atoms with Crippen LogP contribution in [0.2, 0.25) is 0 Å².